The van der Waals surface area contributed by atoms with Gasteiger partial charge < -0.3 is 53.3 Å². The molecule has 28 heteroatoms. The number of carbonyl (C=O) groups is 14. The van der Waals surface area contributed by atoms with Crippen LogP contribution in [0.3, 0.4) is 0 Å². The van der Waals surface area contributed by atoms with E-state index in [1.807, 2.05) is 44.2 Å². The summed E-state index contributed by atoms with van der Waals surface area (Å²) in [6, 6.07) is -3.70. The summed E-state index contributed by atoms with van der Waals surface area (Å²) >= 11 is 0. The third-order valence-electron chi connectivity index (χ3n) is 17.0. The molecule has 12 atom stereocenters. The fourth-order valence-electron chi connectivity index (χ4n) is 10.8. The van der Waals surface area contributed by atoms with Crippen LogP contribution in [-0.2, 0) is 73.5 Å². The van der Waals surface area contributed by atoms with Gasteiger partial charge in [-0.05, 0) is 145 Å². The Morgan fingerprint density at radius 2 is 1.17 bits per heavy atom. The Hall–Kier alpha value is -7.92. The number of rotatable bonds is 24. The number of benzene rings is 1. The van der Waals surface area contributed by atoms with Crippen LogP contribution in [0.5, 0.6) is 0 Å². The molecule has 0 fully saturated rings. The Morgan fingerprint density at radius 3 is 1.74 bits per heavy atom. The van der Waals surface area contributed by atoms with Gasteiger partial charge in [0.1, 0.15) is 35.5 Å². The van der Waals surface area contributed by atoms with E-state index in [1.54, 1.807) is 13.1 Å². The molecule has 1 aliphatic heterocycles. The minimum Gasteiger partial charge on any atom is -0.370 e. The van der Waals surface area contributed by atoms with Crippen LogP contribution in [0.25, 0.3) is 10.9 Å². The van der Waals surface area contributed by atoms with Crippen molar-refractivity contribution in [2.75, 3.05) is 19.6 Å². The summed E-state index contributed by atoms with van der Waals surface area (Å²) in [7, 11) is 0. The van der Waals surface area contributed by atoms with Crippen molar-refractivity contribution in [3.8, 4) is 0 Å². The number of para-hydroxylation sites is 1. The first kappa shape index (κ1) is 81.3. The van der Waals surface area contributed by atoms with Gasteiger partial charge in [0, 0.05) is 30.1 Å². The first-order valence-electron chi connectivity index (χ1n) is 33.1. The highest BCUT2D eigenvalue weighted by Crippen LogP contribution is 2.23. The molecule has 95 heavy (non-hydrogen) atoms. The number of hydrogen-bond donors (Lipinski definition) is 14. The number of hydrogen-bond acceptors (Lipinski definition) is 19. The topological polar surface area (TPSA) is 439 Å². The van der Waals surface area contributed by atoms with Gasteiger partial charge in [-0.3, -0.25) is 83.6 Å². The van der Waals surface area contributed by atoms with Gasteiger partial charge in [-0.2, -0.15) is 0 Å². The van der Waals surface area contributed by atoms with E-state index in [4.69, 9.17) is 11.6 Å². The minimum absolute atomic E-state index is 0.0426. The second-order valence-electron chi connectivity index (χ2n) is 26.1. The van der Waals surface area contributed by atoms with E-state index in [1.165, 1.54) is 62.3 Å². The van der Waals surface area contributed by atoms with Crippen LogP contribution in [-0.4, -0.2) is 172 Å². The molecular formula is C67H106N14O14. The molecule has 2 heterocycles. The average Bonchev–Trinajstić information content (AvgIpc) is 1.80. The van der Waals surface area contributed by atoms with E-state index < -0.39 is 142 Å². The zero-order valence-corrected chi connectivity index (χ0v) is 57.5. The van der Waals surface area contributed by atoms with Crippen molar-refractivity contribution < 1.29 is 67.1 Å². The summed E-state index contributed by atoms with van der Waals surface area (Å²) in [6.07, 6.45) is 12.9. The van der Waals surface area contributed by atoms with Crippen molar-refractivity contribution in [3.05, 3.63) is 48.2 Å². The number of fused-ring (bicyclic) bond motifs is 1. The molecule has 0 radical (unpaired) electrons. The molecule has 528 valence electrons. The summed E-state index contributed by atoms with van der Waals surface area (Å²) in [4.78, 5) is 192. The molecular weight excluding hydrogens is 1220 g/mol. The first-order chi connectivity index (χ1) is 44.6. The normalized spacial score (nSPS) is 23.8. The second-order valence-corrected chi connectivity index (χ2v) is 26.1. The molecule has 16 N–H and O–H groups in total. The lowest BCUT2D eigenvalue weighted by Crippen LogP contribution is -2.62. The molecule has 0 saturated carbocycles. The van der Waals surface area contributed by atoms with Crippen LogP contribution in [0.2, 0.25) is 0 Å². The van der Waals surface area contributed by atoms with Gasteiger partial charge in [0.05, 0.1) is 54.8 Å². The number of allylic oxidation sites excluding steroid dienone is 2. The molecule has 0 spiro atoms. The van der Waals surface area contributed by atoms with Gasteiger partial charge in [-0.25, -0.2) is 5.43 Å². The molecule has 1 aromatic heterocycles. The van der Waals surface area contributed by atoms with E-state index in [0.29, 0.717) is 25.7 Å². The predicted octanol–water partition coefficient (Wildman–Crippen LogP) is 0.953. The standard InChI is InChI=1S/C67H106N14O14/c1-38(2)32-48-36-71-51(28-29-54(68)84)58(88)56(86)41(5)75-64(94)52(33-47-35-70-50-27-23-22-26-49(47)50)72-37-53(83)66(11,73-34-39(3)82)30-24-20-18-16-14-13-15-17-19-21-25-31-67(12,80-63(48)93)65(95)79-46(10)62(92)78-45(9)61(91)77-44(8)60(90)76-43(7)59(89)74-40(4)55(85)57(87)42(6)81-69/h17,19,22-23,26-27,35,38,40-46,48,51-52,70-73,81H,13-16,18,20-21,24-25,28-34,36-37,69H2,1-12H3,(H2,68,84)(H,74,89)(H,75,94)(H,76,90)(H,77,91)(H,78,92)(H,79,95)(H,80,93)/b19-17+/t40-,41?,42-,43?,44-,45?,46-,48+,51-,52-,66+,67-/m0/s1. The summed E-state index contributed by atoms with van der Waals surface area (Å²) in [5.74, 6) is -6.12. The van der Waals surface area contributed by atoms with E-state index in [0.717, 1.165) is 55.0 Å². The van der Waals surface area contributed by atoms with E-state index >= 15 is 0 Å². The number of carbonyl (C=O) groups excluding carboxylic acids is 14. The number of nitrogens with two attached hydrogens (primary N) is 2. The van der Waals surface area contributed by atoms with Crippen molar-refractivity contribution in [2.45, 2.75) is 245 Å². The monoisotopic (exact) mass is 1330 g/mol. The lowest BCUT2D eigenvalue weighted by atomic mass is 9.88. The van der Waals surface area contributed by atoms with E-state index in [-0.39, 0.29) is 69.2 Å². The second kappa shape index (κ2) is 39.8. The maximum absolute atomic E-state index is 14.7. The highest BCUT2D eigenvalue weighted by atomic mass is 16.2. The number of amides is 8. The molecule has 8 amide bonds. The Kier molecular flexibility index (Phi) is 34.1. The molecule has 3 unspecified atom stereocenters. The van der Waals surface area contributed by atoms with Gasteiger partial charge in [-0.15, -0.1) is 0 Å². The highest BCUT2D eigenvalue weighted by Gasteiger charge is 2.40. The maximum Gasteiger partial charge on any atom is 0.246 e. The summed E-state index contributed by atoms with van der Waals surface area (Å²) in [5, 5.41) is 28.2. The molecule has 1 aromatic carbocycles. The number of primary amides is 1. The fourth-order valence-corrected chi connectivity index (χ4v) is 10.8. The number of H-pyrrole nitrogens is 1. The van der Waals surface area contributed by atoms with Crippen LogP contribution in [0.4, 0.5) is 0 Å². The van der Waals surface area contributed by atoms with Crippen LogP contribution in [0.15, 0.2) is 42.6 Å². The van der Waals surface area contributed by atoms with Gasteiger partial charge in [0.25, 0.3) is 0 Å². The molecule has 0 saturated heterocycles. The molecule has 0 aliphatic carbocycles. The quantitative estimate of drug-likeness (QED) is 0.0301. The summed E-state index contributed by atoms with van der Waals surface area (Å²) < 4.78 is 0. The SMILES string of the molecule is CC(=O)CN[C@]1(C)CCCCCCCC/C=C/CCC[C@@](C)(C(=O)N[C@@H](C)C(=O)NC(C)C(=O)N[C@@H](C)C(=O)NC(C)C(=O)N[C@@H](C)C(=O)C(=O)[C@H](C)NN)NC(=O)[C@H](CC(C)C)CN[C@@H](CCC(N)=O)C(=O)C(=O)C(C)NC(=O)[C@H](Cc2c[nH]c3ccccc23)NCC1=O. The Bertz CT molecular complexity index is 3060. The zero-order valence-electron chi connectivity index (χ0n) is 57.5. The third kappa shape index (κ3) is 27.0. The zero-order chi connectivity index (χ0) is 71.3. The Balaban J connectivity index is 1.89. The minimum atomic E-state index is -1.67. The number of aromatic amines is 1. The van der Waals surface area contributed by atoms with Crippen LogP contribution < -0.4 is 70.2 Å². The lowest BCUT2D eigenvalue weighted by molar-refractivity contribution is -0.140. The third-order valence-corrected chi connectivity index (χ3v) is 17.0. The average molecular weight is 1330 g/mol. The number of Topliss-reactive ketones (excluding diaryl/α,β-unsaturated/α-hetero) is 6. The van der Waals surface area contributed by atoms with Crippen molar-refractivity contribution in [2.24, 2.45) is 23.4 Å². The van der Waals surface area contributed by atoms with E-state index in [2.05, 4.69) is 69.7 Å². The number of hydrazine groups is 1. The number of aromatic nitrogens is 1. The summed E-state index contributed by atoms with van der Waals surface area (Å²) in [6.45, 7) is 17.2. The highest BCUT2D eigenvalue weighted by molar-refractivity contribution is 6.41. The van der Waals surface area contributed by atoms with Crippen LogP contribution >= 0.6 is 0 Å². The maximum atomic E-state index is 14.7. The van der Waals surface area contributed by atoms with Gasteiger partial charge >= 0.3 is 0 Å². The predicted molar refractivity (Wildman–Crippen MR) is 358 cm³/mol. The molecule has 28 nitrogen and oxygen atoms in total. The lowest BCUT2D eigenvalue weighted by Gasteiger charge is -2.33. The summed E-state index contributed by atoms with van der Waals surface area (Å²) in [5.41, 5.74) is 6.46. The van der Waals surface area contributed by atoms with Gasteiger partial charge in [0.2, 0.25) is 70.4 Å². The fraction of sp³-hybridized carbons (Fsp3) is 0.642. The number of nitrogens with one attached hydrogen (secondary N) is 12. The molecule has 0 bridgehead atoms. The molecule has 1 aliphatic rings. The van der Waals surface area contributed by atoms with Crippen molar-refractivity contribution in [3.63, 3.8) is 0 Å². The Labute approximate surface area is 557 Å². The van der Waals surface area contributed by atoms with Crippen molar-refractivity contribution in [1.29, 1.82) is 0 Å². The largest absolute Gasteiger partial charge is 0.370 e. The van der Waals surface area contributed by atoms with E-state index in [9.17, 15) is 67.1 Å². The first-order valence-corrected chi connectivity index (χ1v) is 33.1. The molecule has 3 rings (SSSR count). The number of ketones is 6. The molecule has 2 aromatic rings. The van der Waals surface area contributed by atoms with Crippen LogP contribution in [0.1, 0.15) is 179 Å². The van der Waals surface area contributed by atoms with Crippen molar-refractivity contribution in [1.82, 2.24) is 63.6 Å². The Morgan fingerprint density at radius 1 is 0.632 bits per heavy atom. The van der Waals surface area contributed by atoms with Gasteiger partial charge in [-0.1, -0.05) is 76.3 Å². The smallest absolute Gasteiger partial charge is 0.246 e. The van der Waals surface area contributed by atoms with Gasteiger partial charge in [0.15, 0.2) is 5.78 Å². The van der Waals surface area contributed by atoms with Crippen molar-refractivity contribution >= 4 is 92.9 Å². The van der Waals surface area contributed by atoms with Crippen LogP contribution in [0, 0.1) is 11.8 Å².